The van der Waals surface area contributed by atoms with Gasteiger partial charge in [-0.05, 0) is 51.2 Å². The number of hydrogen-bond acceptors (Lipinski definition) is 5. The monoisotopic (exact) mass is 411 g/mol. The lowest BCUT2D eigenvalue weighted by molar-refractivity contribution is -0.132. The number of piperidine rings is 1. The van der Waals surface area contributed by atoms with Crippen LogP contribution in [0.4, 0.5) is 10.2 Å². The summed E-state index contributed by atoms with van der Waals surface area (Å²) < 4.78 is 14.0. The van der Waals surface area contributed by atoms with Crippen LogP contribution in [0.2, 0.25) is 0 Å². The second kappa shape index (κ2) is 8.39. The molecule has 7 nitrogen and oxygen atoms in total. The van der Waals surface area contributed by atoms with Crippen LogP contribution in [-0.4, -0.2) is 65.4 Å². The summed E-state index contributed by atoms with van der Waals surface area (Å²) in [6.07, 6.45) is 3.86. The molecule has 1 atom stereocenters. The van der Waals surface area contributed by atoms with E-state index >= 15 is 0 Å². The molecule has 0 aliphatic carbocycles. The highest BCUT2D eigenvalue weighted by atomic mass is 19.1. The number of likely N-dealkylation sites (tertiary alicyclic amines) is 1. The summed E-state index contributed by atoms with van der Waals surface area (Å²) in [4.78, 5) is 36.1. The first kappa shape index (κ1) is 20.3. The van der Waals surface area contributed by atoms with Gasteiger partial charge in [0.2, 0.25) is 5.91 Å². The SMILES string of the molecule is CN(C)CCC(=O)N1CCC[C@@H](Nc2nc3cc[nH]c(=O)c3c3cc(F)ccc23)C1. The van der Waals surface area contributed by atoms with Crippen molar-refractivity contribution in [3.05, 3.63) is 46.6 Å². The van der Waals surface area contributed by atoms with Gasteiger partial charge in [-0.3, -0.25) is 9.59 Å². The maximum atomic E-state index is 14.0. The van der Waals surface area contributed by atoms with Gasteiger partial charge in [0.15, 0.2) is 0 Å². The third-order valence-electron chi connectivity index (χ3n) is 5.56. The van der Waals surface area contributed by atoms with Gasteiger partial charge in [0.05, 0.1) is 10.9 Å². The van der Waals surface area contributed by atoms with E-state index in [2.05, 4.69) is 15.3 Å². The third-order valence-corrected chi connectivity index (χ3v) is 5.56. The Kier molecular flexibility index (Phi) is 5.67. The molecular weight excluding hydrogens is 385 g/mol. The Morgan fingerprint density at radius 2 is 2.17 bits per heavy atom. The second-order valence-corrected chi connectivity index (χ2v) is 8.09. The number of benzene rings is 1. The first-order valence-electron chi connectivity index (χ1n) is 10.2. The number of nitrogens with one attached hydrogen (secondary N) is 2. The lowest BCUT2D eigenvalue weighted by Gasteiger charge is -2.34. The highest BCUT2D eigenvalue weighted by Crippen LogP contribution is 2.29. The van der Waals surface area contributed by atoms with Crippen LogP contribution >= 0.6 is 0 Å². The van der Waals surface area contributed by atoms with E-state index in [1.54, 1.807) is 18.3 Å². The van der Waals surface area contributed by atoms with Gasteiger partial charge in [0.25, 0.3) is 5.56 Å². The van der Waals surface area contributed by atoms with Crippen molar-refractivity contribution in [2.75, 3.05) is 39.0 Å². The Bertz CT molecular complexity index is 1140. The fraction of sp³-hybridized carbons (Fsp3) is 0.409. The van der Waals surface area contributed by atoms with Crippen molar-refractivity contribution >= 4 is 33.4 Å². The first-order chi connectivity index (χ1) is 14.4. The zero-order valence-electron chi connectivity index (χ0n) is 17.2. The standard InChI is InChI=1S/C22H26FN5O2/c1-27(2)11-8-19(29)28-10-3-4-15(13-28)25-21-16-6-5-14(23)12-17(16)20-18(26-21)7-9-24-22(20)30/h5-7,9,12,15H,3-4,8,10-11,13H2,1-2H3,(H,24,30)(H,25,26)/t15-/m1/s1. The molecule has 0 saturated carbocycles. The second-order valence-electron chi connectivity index (χ2n) is 8.09. The molecule has 0 unspecified atom stereocenters. The van der Waals surface area contributed by atoms with Crippen LogP contribution in [0.1, 0.15) is 19.3 Å². The van der Waals surface area contributed by atoms with Crippen LogP contribution in [0.25, 0.3) is 21.7 Å². The van der Waals surface area contributed by atoms with Crippen LogP contribution < -0.4 is 10.9 Å². The van der Waals surface area contributed by atoms with Gasteiger partial charge in [0.1, 0.15) is 11.6 Å². The Morgan fingerprint density at radius 3 is 2.97 bits per heavy atom. The number of carbonyl (C=O) groups is 1. The van der Waals surface area contributed by atoms with E-state index in [0.717, 1.165) is 25.9 Å². The number of hydrogen-bond donors (Lipinski definition) is 2. The van der Waals surface area contributed by atoms with Crippen molar-refractivity contribution in [2.45, 2.75) is 25.3 Å². The van der Waals surface area contributed by atoms with Crippen molar-refractivity contribution in [1.82, 2.24) is 19.8 Å². The zero-order valence-corrected chi connectivity index (χ0v) is 17.2. The number of anilines is 1. The molecule has 0 radical (unpaired) electrons. The van der Waals surface area contributed by atoms with E-state index in [1.807, 2.05) is 23.9 Å². The number of aromatic amines is 1. The Hall–Kier alpha value is -3.00. The molecule has 1 aliphatic rings. The lowest BCUT2D eigenvalue weighted by Crippen LogP contribution is -2.45. The molecule has 3 heterocycles. The fourth-order valence-electron chi connectivity index (χ4n) is 4.03. The number of fused-ring (bicyclic) bond motifs is 3. The van der Waals surface area contributed by atoms with E-state index in [0.29, 0.717) is 40.5 Å². The number of H-pyrrole nitrogens is 1. The van der Waals surface area contributed by atoms with Gasteiger partial charge in [-0.25, -0.2) is 9.37 Å². The predicted molar refractivity (Wildman–Crippen MR) is 116 cm³/mol. The molecule has 0 bridgehead atoms. The minimum Gasteiger partial charge on any atom is -0.365 e. The molecule has 1 aliphatic heterocycles. The van der Waals surface area contributed by atoms with E-state index in [4.69, 9.17) is 0 Å². The molecule has 3 aromatic rings. The summed E-state index contributed by atoms with van der Waals surface area (Å²) in [7, 11) is 3.91. The molecule has 1 amide bonds. The molecule has 4 rings (SSSR count). The average Bonchev–Trinajstić information content (AvgIpc) is 2.72. The largest absolute Gasteiger partial charge is 0.365 e. The summed E-state index contributed by atoms with van der Waals surface area (Å²) >= 11 is 0. The summed E-state index contributed by atoms with van der Waals surface area (Å²) in [6.45, 7) is 2.09. The highest BCUT2D eigenvalue weighted by Gasteiger charge is 2.24. The number of amides is 1. The summed E-state index contributed by atoms with van der Waals surface area (Å²) in [5.41, 5.74) is 0.214. The first-order valence-corrected chi connectivity index (χ1v) is 10.2. The van der Waals surface area contributed by atoms with Crippen molar-refractivity contribution in [3.63, 3.8) is 0 Å². The summed E-state index contributed by atoms with van der Waals surface area (Å²) in [5.74, 6) is 0.357. The fourth-order valence-corrected chi connectivity index (χ4v) is 4.03. The summed E-state index contributed by atoms with van der Waals surface area (Å²) in [6, 6.07) is 6.15. The molecular formula is C22H26FN5O2. The minimum absolute atomic E-state index is 0.0438. The molecule has 1 aromatic carbocycles. The molecule has 0 spiro atoms. The zero-order chi connectivity index (χ0) is 21.3. The van der Waals surface area contributed by atoms with Crippen LogP contribution in [0, 0.1) is 5.82 Å². The van der Waals surface area contributed by atoms with Crippen molar-refractivity contribution in [3.8, 4) is 0 Å². The Labute approximate surface area is 173 Å². The maximum Gasteiger partial charge on any atom is 0.258 e. The quantitative estimate of drug-likeness (QED) is 0.631. The molecule has 1 fully saturated rings. The van der Waals surface area contributed by atoms with Crippen LogP contribution in [0.3, 0.4) is 0 Å². The van der Waals surface area contributed by atoms with Gasteiger partial charge >= 0.3 is 0 Å². The number of pyridine rings is 2. The molecule has 30 heavy (non-hydrogen) atoms. The van der Waals surface area contributed by atoms with Crippen molar-refractivity contribution in [1.29, 1.82) is 0 Å². The van der Waals surface area contributed by atoms with Gasteiger partial charge in [-0.15, -0.1) is 0 Å². The number of nitrogens with zero attached hydrogens (tertiary/aromatic N) is 3. The van der Waals surface area contributed by atoms with Crippen molar-refractivity contribution < 1.29 is 9.18 Å². The van der Waals surface area contributed by atoms with E-state index in [1.165, 1.54) is 12.1 Å². The predicted octanol–water partition coefficient (Wildman–Crippen LogP) is 2.57. The normalized spacial score (nSPS) is 17.1. The molecule has 8 heteroatoms. The minimum atomic E-state index is -0.403. The van der Waals surface area contributed by atoms with Crippen LogP contribution in [-0.2, 0) is 4.79 Å². The van der Waals surface area contributed by atoms with E-state index < -0.39 is 5.82 Å². The lowest BCUT2D eigenvalue weighted by atomic mass is 10.0. The topological polar surface area (TPSA) is 81.3 Å². The number of rotatable bonds is 5. The molecule has 158 valence electrons. The van der Waals surface area contributed by atoms with Gasteiger partial charge < -0.3 is 20.1 Å². The number of carbonyl (C=O) groups excluding carboxylic acids is 1. The number of aromatic nitrogens is 2. The average molecular weight is 411 g/mol. The van der Waals surface area contributed by atoms with Crippen molar-refractivity contribution in [2.24, 2.45) is 0 Å². The van der Waals surface area contributed by atoms with Gasteiger partial charge in [-0.1, -0.05) is 0 Å². The van der Waals surface area contributed by atoms with E-state index in [9.17, 15) is 14.0 Å². The van der Waals surface area contributed by atoms with Crippen LogP contribution in [0.5, 0.6) is 0 Å². The molecule has 2 N–H and O–H groups in total. The smallest absolute Gasteiger partial charge is 0.258 e. The third kappa shape index (κ3) is 4.14. The van der Waals surface area contributed by atoms with Gasteiger partial charge in [0, 0.05) is 49.1 Å². The van der Waals surface area contributed by atoms with Crippen LogP contribution in [0.15, 0.2) is 35.3 Å². The Balaban J connectivity index is 1.63. The number of halogens is 1. The van der Waals surface area contributed by atoms with Gasteiger partial charge in [-0.2, -0.15) is 0 Å². The highest BCUT2D eigenvalue weighted by molar-refractivity contribution is 6.09. The molecule has 2 aromatic heterocycles. The maximum absolute atomic E-state index is 14.0. The molecule has 1 saturated heterocycles. The Morgan fingerprint density at radius 1 is 1.33 bits per heavy atom. The summed E-state index contributed by atoms with van der Waals surface area (Å²) in [5, 5.41) is 5.05. The van der Waals surface area contributed by atoms with E-state index in [-0.39, 0.29) is 17.5 Å².